The monoisotopic (exact) mass is 359 g/mol. The summed E-state index contributed by atoms with van der Waals surface area (Å²) in [5, 5.41) is 16.4. The fraction of sp³-hybridized carbons (Fsp3) is 0.526. The molecule has 0 atom stereocenters. The van der Waals surface area contributed by atoms with Crippen molar-refractivity contribution >= 4 is 11.8 Å². The van der Waals surface area contributed by atoms with Gasteiger partial charge < -0.3 is 15.7 Å². The Hall–Kier alpha value is -2.28. The van der Waals surface area contributed by atoms with Gasteiger partial charge in [-0.1, -0.05) is 19.4 Å². The topological polar surface area (TPSA) is 83.0 Å². The van der Waals surface area contributed by atoms with Gasteiger partial charge in [-0.3, -0.25) is 0 Å². The lowest BCUT2D eigenvalue weighted by molar-refractivity contribution is 0.126. The van der Waals surface area contributed by atoms with Crippen LogP contribution in [0.2, 0.25) is 0 Å². The SMILES string of the molecule is CCCCNc1ncc(-c2cccc(F)n2)c(NC2CCC(O)CC2)n1. The van der Waals surface area contributed by atoms with Gasteiger partial charge in [0, 0.05) is 18.8 Å². The first kappa shape index (κ1) is 18.5. The van der Waals surface area contributed by atoms with Crippen LogP contribution in [-0.4, -0.2) is 38.7 Å². The highest BCUT2D eigenvalue weighted by molar-refractivity contribution is 5.72. The summed E-state index contributed by atoms with van der Waals surface area (Å²) in [5.41, 5.74) is 1.18. The molecule has 0 amide bonds. The van der Waals surface area contributed by atoms with Crippen LogP contribution in [0.4, 0.5) is 16.2 Å². The Morgan fingerprint density at radius 3 is 2.73 bits per heavy atom. The van der Waals surface area contributed by atoms with Gasteiger partial charge >= 0.3 is 0 Å². The van der Waals surface area contributed by atoms with E-state index in [2.05, 4.69) is 32.5 Å². The third-order valence-electron chi connectivity index (χ3n) is 4.63. The Labute approximate surface area is 153 Å². The Bertz CT molecular complexity index is 719. The molecule has 140 valence electrons. The number of nitrogens with one attached hydrogen (secondary N) is 2. The Balaban J connectivity index is 1.84. The number of pyridine rings is 1. The molecular formula is C19H26FN5O. The third-order valence-corrected chi connectivity index (χ3v) is 4.63. The second-order valence-corrected chi connectivity index (χ2v) is 6.73. The number of nitrogens with zero attached hydrogens (tertiary/aromatic N) is 3. The van der Waals surface area contributed by atoms with Gasteiger partial charge in [0.2, 0.25) is 11.9 Å². The quantitative estimate of drug-likeness (QED) is 0.517. The van der Waals surface area contributed by atoms with Crippen molar-refractivity contribution in [3.05, 3.63) is 30.3 Å². The number of unbranched alkanes of at least 4 members (excludes halogenated alkanes) is 1. The standard InChI is InChI=1S/C19H26FN5O/c1-2-3-11-21-19-22-12-15(16-5-4-6-17(20)24-16)18(25-19)23-13-7-9-14(26)10-8-13/h4-6,12-14,26H,2-3,7-11H2,1H3,(H2,21,22,23,25). The average Bonchev–Trinajstić information content (AvgIpc) is 2.64. The van der Waals surface area contributed by atoms with E-state index >= 15 is 0 Å². The number of hydrogen-bond donors (Lipinski definition) is 3. The fourth-order valence-corrected chi connectivity index (χ4v) is 3.11. The van der Waals surface area contributed by atoms with Crippen molar-refractivity contribution in [3.63, 3.8) is 0 Å². The Morgan fingerprint density at radius 1 is 1.19 bits per heavy atom. The summed E-state index contributed by atoms with van der Waals surface area (Å²) < 4.78 is 13.6. The largest absolute Gasteiger partial charge is 0.393 e. The van der Waals surface area contributed by atoms with Crippen LogP contribution in [0.25, 0.3) is 11.3 Å². The summed E-state index contributed by atoms with van der Waals surface area (Å²) in [4.78, 5) is 12.9. The van der Waals surface area contributed by atoms with Crippen molar-refractivity contribution in [3.8, 4) is 11.3 Å². The molecule has 3 N–H and O–H groups in total. The molecule has 1 fully saturated rings. The van der Waals surface area contributed by atoms with Crippen LogP contribution in [0.15, 0.2) is 24.4 Å². The molecule has 7 heteroatoms. The van der Waals surface area contributed by atoms with Crippen LogP contribution >= 0.6 is 0 Å². The maximum absolute atomic E-state index is 13.6. The highest BCUT2D eigenvalue weighted by Gasteiger charge is 2.21. The lowest BCUT2D eigenvalue weighted by Crippen LogP contribution is -2.29. The highest BCUT2D eigenvalue weighted by atomic mass is 19.1. The van der Waals surface area contributed by atoms with Gasteiger partial charge in [-0.2, -0.15) is 9.37 Å². The van der Waals surface area contributed by atoms with Gasteiger partial charge in [-0.05, 0) is 44.2 Å². The fourth-order valence-electron chi connectivity index (χ4n) is 3.11. The zero-order chi connectivity index (χ0) is 18.4. The molecule has 2 heterocycles. The number of rotatable bonds is 7. The van der Waals surface area contributed by atoms with Crippen LogP contribution in [-0.2, 0) is 0 Å². The van der Waals surface area contributed by atoms with Crippen molar-refractivity contribution in [2.24, 2.45) is 0 Å². The van der Waals surface area contributed by atoms with Crippen LogP contribution in [0.3, 0.4) is 0 Å². The second kappa shape index (κ2) is 8.89. The summed E-state index contributed by atoms with van der Waals surface area (Å²) in [6.45, 7) is 2.94. The first-order valence-electron chi connectivity index (χ1n) is 9.34. The van der Waals surface area contributed by atoms with Gasteiger partial charge in [0.15, 0.2) is 0 Å². The zero-order valence-electron chi connectivity index (χ0n) is 15.1. The molecule has 6 nitrogen and oxygen atoms in total. The molecular weight excluding hydrogens is 333 g/mol. The van der Waals surface area contributed by atoms with Crippen LogP contribution in [0.1, 0.15) is 45.4 Å². The van der Waals surface area contributed by atoms with E-state index in [1.54, 1.807) is 18.3 Å². The van der Waals surface area contributed by atoms with E-state index in [0.29, 0.717) is 23.0 Å². The summed E-state index contributed by atoms with van der Waals surface area (Å²) in [7, 11) is 0. The van der Waals surface area contributed by atoms with Gasteiger partial charge in [0.1, 0.15) is 5.82 Å². The van der Waals surface area contributed by atoms with E-state index in [9.17, 15) is 9.50 Å². The van der Waals surface area contributed by atoms with Gasteiger partial charge in [0.25, 0.3) is 0 Å². The molecule has 1 aliphatic carbocycles. The normalized spacial score (nSPS) is 20.0. The lowest BCUT2D eigenvalue weighted by Gasteiger charge is -2.27. The Kier molecular flexibility index (Phi) is 6.33. The smallest absolute Gasteiger partial charge is 0.224 e. The molecule has 0 saturated heterocycles. The predicted molar refractivity (Wildman–Crippen MR) is 101 cm³/mol. The predicted octanol–water partition coefficient (Wildman–Crippen LogP) is 3.61. The van der Waals surface area contributed by atoms with Gasteiger partial charge in [-0.25, -0.2) is 9.97 Å². The lowest BCUT2D eigenvalue weighted by atomic mass is 9.93. The Morgan fingerprint density at radius 2 is 2.00 bits per heavy atom. The maximum atomic E-state index is 13.6. The van der Waals surface area contributed by atoms with E-state index in [1.807, 2.05) is 0 Å². The van der Waals surface area contributed by atoms with Gasteiger partial charge in [-0.15, -0.1) is 0 Å². The van der Waals surface area contributed by atoms with E-state index < -0.39 is 5.95 Å². The maximum Gasteiger partial charge on any atom is 0.224 e. The summed E-state index contributed by atoms with van der Waals surface area (Å²) >= 11 is 0. The molecule has 3 rings (SSSR count). The first-order chi connectivity index (χ1) is 12.7. The minimum Gasteiger partial charge on any atom is -0.393 e. The number of hydrogen-bond acceptors (Lipinski definition) is 6. The van der Waals surface area contributed by atoms with Crippen molar-refractivity contribution in [1.29, 1.82) is 0 Å². The zero-order valence-corrected chi connectivity index (χ0v) is 15.1. The number of aromatic nitrogens is 3. The molecule has 2 aromatic heterocycles. The van der Waals surface area contributed by atoms with E-state index in [1.165, 1.54) is 6.07 Å². The van der Waals surface area contributed by atoms with E-state index in [4.69, 9.17) is 0 Å². The average molecular weight is 359 g/mol. The van der Waals surface area contributed by atoms with Crippen molar-refractivity contribution < 1.29 is 9.50 Å². The van der Waals surface area contributed by atoms with Crippen LogP contribution in [0.5, 0.6) is 0 Å². The summed E-state index contributed by atoms with van der Waals surface area (Å²) in [6.07, 6.45) is 6.90. The minimum absolute atomic E-state index is 0.214. The van der Waals surface area contributed by atoms with Crippen molar-refractivity contribution in [2.45, 2.75) is 57.6 Å². The molecule has 0 aromatic carbocycles. The molecule has 0 spiro atoms. The molecule has 1 saturated carbocycles. The van der Waals surface area contributed by atoms with Gasteiger partial charge in [0.05, 0.1) is 17.4 Å². The number of anilines is 2. The van der Waals surface area contributed by atoms with Crippen molar-refractivity contribution in [1.82, 2.24) is 15.0 Å². The molecule has 1 aliphatic rings. The number of aliphatic hydroxyl groups is 1. The highest BCUT2D eigenvalue weighted by Crippen LogP contribution is 2.29. The second-order valence-electron chi connectivity index (χ2n) is 6.73. The van der Waals surface area contributed by atoms with Crippen molar-refractivity contribution in [2.75, 3.05) is 17.2 Å². The van der Waals surface area contributed by atoms with Crippen LogP contribution in [0, 0.1) is 5.95 Å². The number of aliphatic hydroxyl groups excluding tert-OH is 1. The molecule has 0 aliphatic heterocycles. The molecule has 0 bridgehead atoms. The van der Waals surface area contributed by atoms with E-state index in [0.717, 1.165) is 45.1 Å². The summed E-state index contributed by atoms with van der Waals surface area (Å²) in [5.74, 6) is 0.676. The molecule has 26 heavy (non-hydrogen) atoms. The molecule has 0 radical (unpaired) electrons. The molecule has 0 unspecified atom stereocenters. The van der Waals surface area contributed by atoms with E-state index in [-0.39, 0.29) is 12.1 Å². The molecule has 2 aromatic rings. The minimum atomic E-state index is -0.528. The summed E-state index contributed by atoms with van der Waals surface area (Å²) in [6, 6.07) is 4.93. The van der Waals surface area contributed by atoms with Crippen LogP contribution < -0.4 is 10.6 Å². The number of halogens is 1. The first-order valence-corrected chi connectivity index (χ1v) is 9.34. The third kappa shape index (κ3) is 4.88.